The van der Waals surface area contributed by atoms with Crippen molar-refractivity contribution in [1.29, 1.82) is 0 Å². The predicted molar refractivity (Wildman–Crippen MR) is 71.5 cm³/mol. The summed E-state index contributed by atoms with van der Waals surface area (Å²) in [5.41, 5.74) is 0.0498. The Labute approximate surface area is 113 Å². The van der Waals surface area contributed by atoms with Crippen LogP contribution in [-0.2, 0) is 13.6 Å². The van der Waals surface area contributed by atoms with E-state index in [1.165, 1.54) is 23.9 Å². The lowest BCUT2D eigenvalue weighted by Crippen LogP contribution is -2.37. The standard InChI is InChI=1S/C12H10Cl2N2O2/c1-15-11(17)4-5-16(12(15)18)7-8-2-3-9(13)6-10(8)14/h2-6H,7H2,1H3. The van der Waals surface area contributed by atoms with Gasteiger partial charge in [-0.3, -0.25) is 13.9 Å². The Morgan fingerprint density at radius 2 is 1.89 bits per heavy atom. The van der Waals surface area contributed by atoms with Crippen molar-refractivity contribution in [1.82, 2.24) is 9.13 Å². The van der Waals surface area contributed by atoms with Crippen molar-refractivity contribution in [2.24, 2.45) is 7.05 Å². The summed E-state index contributed by atoms with van der Waals surface area (Å²) in [7, 11) is 1.44. The summed E-state index contributed by atoms with van der Waals surface area (Å²) >= 11 is 11.8. The number of aromatic nitrogens is 2. The normalized spacial score (nSPS) is 10.6. The van der Waals surface area contributed by atoms with Crippen molar-refractivity contribution in [3.8, 4) is 0 Å². The molecule has 0 atom stereocenters. The molecule has 0 spiro atoms. The fourth-order valence-electron chi connectivity index (χ4n) is 1.57. The number of hydrogen-bond acceptors (Lipinski definition) is 2. The molecule has 0 bridgehead atoms. The fraction of sp³-hybridized carbons (Fsp3) is 0.167. The first-order valence-corrected chi connectivity index (χ1v) is 5.95. The molecule has 2 rings (SSSR count). The van der Waals surface area contributed by atoms with Crippen LogP contribution in [0, 0.1) is 0 Å². The SMILES string of the molecule is Cn1c(=O)ccn(Cc2ccc(Cl)cc2Cl)c1=O. The van der Waals surface area contributed by atoms with Crippen molar-refractivity contribution in [3.63, 3.8) is 0 Å². The average molecular weight is 285 g/mol. The van der Waals surface area contributed by atoms with E-state index >= 15 is 0 Å². The molecule has 0 aliphatic carbocycles. The van der Waals surface area contributed by atoms with E-state index in [4.69, 9.17) is 23.2 Å². The summed E-state index contributed by atoms with van der Waals surface area (Å²) in [5.74, 6) is 0. The lowest BCUT2D eigenvalue weighted by atomic mass is 10.2. The van der Waals surface area contributed by atoms with Gasteiger partial charge in [-0.15, -0.1) is 0 Å². The third-order valence-electron chi connectivity index (χ3n) is 2.62. The summed E-state index contributed by atoms with van der Waals surface area (Å²) in [6, 6.07) is 6.41. The van der Waals surface area contributed by atoms with Crippen LogP contribution in [0.4, 0.5) is 0 Å². The van der Waals surface area contributed by atoms with E-state index in [1.807, 2.05) is 0 Å². The fourth-order valence-corrected chi connectivity index (χ4v) is 2.04. The largest absolute Gasteiger partial charge is 0.331 e. The zero-order valence-corrected chi connectivity index (χ0v) is 11.1. The van der Waals surface area contributed by atoms with Crippen molar-refractivity contribution >= 4 is 23.2 Å². The quantitative estimate of drug-likeness (QED) is 0.846. The summed E-state index contributed by atoms with van der Waals surface area (Å²) in [6.45, 7) is 0.295. The topological polar surface area (TPSA) is 44.0 Å². The van der Waals surface area contributed by atoms with E-state index in [9.17, 15) is 9.59 Å². The van der Waals surface area contributed by atoms with Gasteiger partial charge in [0, 0.05) is 29.4 Å². The molecule has 94 valence electrons. The van der Waals surface area contributed by atoms with Gasteiger partial charge in [0.2, 0.25) is 0 Å². The van der Waals surface area contributed by atoms with Crippen LogP contribution in [0.3, 0.4) is 0 Å². The summed E-state index contributed by atoms with van der Waals surface area (Å²) in [4.78, 5) is 23.1. The van der Waals surface area contributed by atoms with Gasteiger partial charge < -0.3 is 0 Å². The molecule has 0 amide bonds. The molecule has 0 radical (unpaired) electrons. The maximum atomic E-state index is 11.8. The van der Waals surface area contributed by atoms with Crippen molar-refractivity contribution in [2.45, 2.75) is 6.54 Å². The van der Waals surface area contributed by atoms with E-state index < -0.39 is 0 Å². The van der Waals surface area contributed by atoms with Crippen LogP contribution in [0.1, 0.15) is 5.56 Å². The van der Waals surface area contributed by atoms with Crippen LogP contribution in [0.15, 0.2) is 40.1 Å². The molecule has 0 N–H and O–H groups in total. The van der Waals surface area contributed by atoms with Gasteiger partial charge in [-0.2, -0.15) is 0 Å². The number of rotatable bonds is 2. The van der Waals surface area contributed by atoms with E-state index in [-0.39, 0.29) is 11.2 Å². The number of halogens is 2. The Hall–Kier alpha value is -1.52. The highest BCUT2D eigenvalue weighted by atomic mass is 35.5. The summed E-state index contributed by atoms with van der Waals surface area (Å²) in [6.07, 6.45) is 1.45. The molecule has 2 aromatic rings. The van der Waals surface area contributed by atoms with Gasteiger partial charge in [-0.25, -0.2) is 4.79 Å². The number of hydrogen-bond donors (Lipinski definition) is 0. The molecule has 0 aliphatic heterocycles. The average Bonchev–Trinajstić information content (AvgIpc) is 2.33. The van der Waals surface area contributed by atoms with Gasteiger partial charge in [-0.1, -0.05) is 29.3 Å². The van der Waals surface area contributed by atoms with Crippen LogP contribution < -0.4 is 11.2 Å². The summed E-state index contributed by atoms with van der Waals surface area (Å²) < 4.78 is 2.46. The van der Waals surface area contributed by atoms with Gasteiger partial charge >= 0.3 is 5.69 Å². The molecule has 4 nitrogen and oxygen atoms in total. The molecular weight excluding hydrogens is 275 g/mol. The maximum Gasteiger partial charge on any atom is 0.331 e. The molecule has 1 aromatic carbocycles. The molecule has 0 unspecified atom stereocenters. The second kappa shape index (κ2) is 5.00. The minimum atomic E-state index is -0.381. The third kappa shape index (κ3) is 2.49. The molecule has 18 heavy (non-hydrogen) atoms. The van der Waals surface area contributed by atoms with E-state index in [0.717, 1.165) is 10.1 Å². The summed E-state index contributed by atoms with van der Waals surface area (Å²) in [5, 5.41) is 1.03. The van der Waals surface area contributed by atoms with Crippen LogP contribution in [0.2, 0.25) is 10.0 Å². The molecule has 0 fully saturated rings. The molecule has 6 heteroatoms. The lowest BCUT2D eigenvalue weighted by Gasteiger charge is -2.08. The molecule has 0 saturated carbocycles. The first-order chi connectivity index (χ1) is 8.49. The molecule has 1 heterocycles. The highest BCUT2D eigenvalue weighted by molar-refractivity contribution is 6.35. The van der Waals surface area contributed by atoms with E-state index in [0.29, 0.717) is 16.6 Å². The van der Waals surface area contributed by atoms with Crippen LogP contribution in [0.25, 0.3) is 0 Å². The van der Waals surface area contributed by atoms with E-state index in [2.05, 4.69) is 0 Å². The Bertz CT molecular complexity index is 704. The maximum absolute atomic E-state index is 11.8. The Morgan fingerprint density at radius 3 is 2.56 bits per heavy atom. The van der Waals surface area contributed by atoms with Gasteiger partial charge in [0.05, 0.1) is 6.54 Å². The molecule has 0 aliphatic rings. The van der Waals surface area contributed by atoms with Crippen LogP contribution >= 0.6 is 23.2 Å². The minimum absolute atomic E-state index is 0.295. The van der Waals surface area contributed by atoms with Crippen LogP contribution in [-0.4, -0.2) is 9.13 Å². The first-order valence-electron chi connectivity index (χ1n) is 5.19. The Morgan fingerprint density at radius 1 is 1.17 bits per heavy atom. The zero-order valence-electron chi connectivity index (χ0n) is 9.56. The zero-order chi connectivity index (χ0) is 13.3. The minimum Gasteiger partial charge on any atom is -0.296 e. The smallest absolute Gasteiger partial charge is 0.296 e. The Balaban J connectivity index is 2.44. The second-order valence-corrected chi connectivity index (χ2v) is 4.70. The van der Waals surface area contributed by atoms with E-state index in [1.54, 1.807) is 18.2 Å². The third-order valence-corrected chi connectivity index (χ3v) is 3.20. The van der Waals surface area contributed by atoms with Gasteiger partial charge in [0.15, 0.2) is 0 Å². The highest BCUT2D eigenvalue weighted by Crippen LogP contribution is 2.21. The van der Waals surface area contributed by atoms with Gasteiger partial charge in [0.25, 0.3) is 5.56 Å². The van der Waals surface area contributed by atoms with Crippen molar-refractivity contribution in [2.75, 3.05) is 0 Å². The lowest BCUT2D eigenvalue weighted by molar-refractivity contribution is 0.645. The monoisotopic (exact) mass is 284 g/mol. The highest BCUT2D eigenvalue weighted by Gasteiger charge is 2.05. The molecule has 1 aromatic heterocycles. The second-order valence-electron chi connectivity index (χ2n) is 3.86. The number of benzene rings is 1. The molecular formula is C12H10Cl2N2O2. The van der Waals surface area contributed by atoms with Gasteiger partial charge in [-0.05, 0) is 17.7 Å². The first kappa shape index (κ1) is 12.9. The van der Waals surface area contributed by atoms with Crippen LogP contribution in [0.5, 0.6) is 0 Å². The van der Waals surface area contributed by atoms with Crippen molar-refractivity contribution in [3.05, 3.63) is 66.9 Å². The number of nitrogens with zero attached hydrogens (tertiary/aromatic N) is 2. The Kier molecular flexibility index (Phi) is 3.59. The molecule has 0 saturated heterocycles. The predicted octanol–water partition coefficient (Wildman–Crippen LogP) is 1.90. The van der Waals surface area contributed by atoms with Gasteiger partial charge in [0.1, 0.15) is 0 Å². The van der Waals surface area contributed by atoms with Crippen molar-refractivity contribution < 1.29 is 0 Å².